The summed E-state index contributed by atoms with van der Waals surface area (Å²) in [7, 11) is 0. The minimum absolute atomic E-state index is 0.00789. The van der Waals surface area contributed by atoms with E-state index in [0.717, 1.165) is 6.42 Å². The summed E-state index contributed by atoms with van der Waals surface area (Å²) in [6.07, 6.45) is 0.772. The Morgan fingerprint density at radius 1 is 1.38 bits per heavy atom. The molecule has 0 saturated carbocycles. The lowest BCUT2D eigenvalue weighted by Crippen LogP contribution is -2.55. The fourth-order valence-corrected chi connectivity index (χ4v) is 2.42. The largest absolute Gasteiger partial charge is 0.478 e. The highest BCUT2D eigenvalue weighted by Gasteiger charge is 2.41. The van der Waals surface area contributed by atoms with Gasteiger partial charge in [-0.05, 0) is 45.4 Å². The summed E-state index contributed by atoms with van der Waals surface area (Å²) in [5.74, 6) is -1.43. The number of hydrogen-bond acceptors (Lipinski definition) is 4. The van der Waals surface area contributed by atoms with E-state index in [-0.39, 0.29) is 24.1 Å². The first-order valence-electron chi connectivity index (χ1n) is 7.83. The Morgan fingerprint density at radius 2 is 2.04 bits per heavy atom. The molecular formula is C17H22N2O5. The van der Waals surface area contributed by atoms with Crippen molar-refractivity contribution in [3.05, 3.63) is 23.8 Å². The fraction of sp³-hybridized carbons (Fsp3) is 0.471. The average Bonchev–Trinajstić information content (AvgIpc) is 2.50. The van der Waals surface area contributed by atoms with E-state index < -0.39 is 17.5 Å². The number of rotatable bonds is 5. The summed E-state index contributed by atoms with van der Waals surface area (Å²) in [5, 5.41) is 12.0. The van der Waals surface area contributed by atoms with Gasteiger partial charge in [0.25, 0.3) is 5.91 Å². The van der Waals surface area contributed by atoms with E-state index in [1.165, 1.54) is 23.1 Å². The molecule has 0 spiro atoms. The second-order valence-corrected chi connectivity index (χ2v) is 6.37. The maximum atomic E-state index is 12.7. The van der Waals surface area contributed by atoms with Gasteiger partial charge in [0.2, 0.25) is 5.91 Å². The van der Waals surface area contributed by atoms with Crippen molar-refractivity contribution < 1.29 is 24.2 Å². The van der Waals surface area contributed by atoms with Gasteiger partial charge in [-0.2, -0.15) is 0 Å². The van der Waals surface area contributed by atoms with Crippen LogP contribution in [0.3, 0.4) is 0 Å². The molecule has 0 saturated heterocycles. The molecule has 0 fully saturated rings. The van der Waals surface area contributed by atoms with Crippen LogP contribution in [0.2, 0.25) is 0 Å². The Balaban J connectivity index is 2.38. The molecule has 1 unspecified atom stereocenters. The molecule has 1 heterocycles. The van der Waals surface area contributed by atoms with Crippen molar-refractivity contribution in [1.82, 2.24) is 5.32 Å². The lowest BCUT2D eigenvalue weighted by molar-refractivity contribution is -0.134. The van der Waals surface area contributed by atoms with Gasteiger partial charge in [0.1, 0.15) is 12.3 Å². The van der Waals surface area contributed by atoms with Crippen LogP contribution in [0.15, 0.2) is 18.2 Å². The van der Waals surface area contributed by atoms with Gasteiger partial charge in [-0.15, -0.1) is 0 Å². The summed E-state index contributed by atoms with van der Waals surface area (Å²) < 4.78 is 5.66. The molecule has 24 heavy (non-hydrogen) atoms. The molecule has 2 N–H and O–H groups in total. The van der Waals surface area contributed by atoms with E-state index in [4.69, 9.17) is 9.84 Å². The summed E-state index contributed by atoms with van der Waals surface area (Å²) >= 11 is 0. The number of nitrogens with one attached hydrogen (secondary N) is 1. The molecular weight excluding hydrogens is 312 g/mol. The maximum absolute atomic E-state index is 12.7. The van der Waals surface area contributed by atoms with Crippen molar-refractivity contribution in [3.8, 4) is 5.75 Å². The predicted octanol–water partition coefficient (Wildman–Crippen LogP) is 1.80. The molecule has 0 radical (unpaired) electrons. The molecule has 1 aromatic rings. The first-order chi connectivity index (χ1) is 11.2. The number of ether oxygens (including phenoxy) is 1. The zero-order chi connectivity index (χ0) is 18.1. The van der Waals surface area contributed by atoms with Crippen LogP contribution in [-0.2, 0) is 9.59 Å². The number of carboxylic acid groups (broad SMARTS) is 1. The molecule has 1 atom stereocenters. The van der Waals surface area contributed by atoms with Gasteiger partial charge in [0.15, 0.2) is 5.60 Å². The number of anilines is 1. The smallest absolute Gasteiger partial charge is 0.335 e. The summed E-state index contributed by atoms with van der Waals surface area (Å²) in [4.78, 5) is 37.3. The van der Waals surface area contributed by atoms with E-state index >= 15 is 0 Å². The first-order valence-corrected chi connectivity index (χ1v) is 7.83. The average molecular weight is 334 g/mol. The Bertz CT molecular complexity index is 684. The van der Waals surface area contributed by atoms with Gasteiger partial charge in [-0.1, -0.05) is 6.92 Å². The van der Waals surface area contributed by atoms with Crippen LogP contribution in [-0.4, -0.2) is 41.1 Å². The molecule has 7 nitrogen and oxygen atoms in total. The van der Waals surface area contributed by atoms with Crippen LogP contribution in [0.4, 0.5) is 5.69 Å². The van der Waals surface area contributed by atoms with Crippen LogP contribution in [0.5, 0.6) is 5.75 Å². The molecule has 2 amide bonds. The lowest BCUT2D eigenvalue weighted by atomic mass is 10.0. The number of fused-ring (bicyclic) bond motifs is 1. The van der Waals surface area contributed by atoms with Gasteiger partial charge >= 0.3 is 5.97 Å². The summed E-state index contributed by atoms with van der Waals surface area (Å²) in [5.41, 5.74) is -0.815. The van der Waals surface area contributed by atoms with E-state index in [1.54, 1.807) is 13.8 Å². The fourth-order valence-electron chi connectivity index (χ4n) is 2.42. The van der Waals surface area contributed by atoms with Crippen LogP contribution >= 0.6 is 0 Å². The summed E-state index contributed by atoms with van der Waals surface area (Å²) in [6, 6.07) is 4.25. The SMILES string of the molecule is CCC(C)NC(=O)CN1C(=O)C(C)(C)Oc2ccc(C(=O)O)cc21. The molecule has 1 aliphatic heterocycles. The van der Waals surface area contributed by atoms with Gasteiger partial charge in [-0.25, -0.2) is 4.79 Å². The number of hydrogen-bond donors (Lipinski definition) is 2. The molecule has 2 rings (SSSR count). The quantitative estimate of drug-likeness (QED) is 0.856. The highest BCUT2D eigenvalue weighted by Crippen LogP contribution is 2.38. The maximum Gasteiger partial charge on any atom is 0.335 e. The topological polar surface area (TPSA) is 95.9 Å². The van der Waals surface area contributed by atoms with Crippen molar-refractivity contribution in [3.63, 3.8) is 0 Å². The molecule has 130 valence electrons. The Hall–Kier alpha value is -2.57. The Morgan fingerprint density at radius 3 is 2.62 bits per heavy atom. The van der Waals surface area contributed by atoms with E-state index in [0.29, 0.717) is 11.4 Å². The monoisotopic (exact) mass is 334 g/mol. The molecule has 0 aromatic heterocycles. The van der Waals surface area contributed by atoms with Crippen molar-refractivity contribution >= 4 is 23.5 Å². The van der Waals surface area contributed by atoms with E-state index in [1.807, 2.05) is 13.8 Å². The second kappa shape index (κ2) is 6.51. The molecule has 0 aliphatic carbocycles. The number of aromatic carboxylic acids is 1. The van der Waals surface area contributed by atoms with Gasteiger partial charge in [-0.3, -0.25) is 14.5 Å². The Labute approximate surface area is 140 Å². The van der Waals surface area contributed by atoms with Gasteiger partial charge < -0.3 is 15.2 Å². The van der Waals surface area contributed by atoms with Crippen molar-refractivity contribution in [1.29, 1.82) is 0 Å². The number of carbonyl (C=O) groups excluding carboxylic acids is 2. The number of carboxylic acids is 1. The van der Waals surface area contributed by atoms with Crippen LogP contribution in [0, 0.1) is 0 Å². The molecule has 1 aromatic carbocycles. The van der Waals surface area contributed by atoms with Crippen molar-refractivity contribution in [2.75, 3.05) is 11.4 Å². The molecule has 7 heteroatoms. The third-order valence-corrected chi connectivity index (χ3v) is 3.94. The van der Waals surface area contributed by atoms with Crippen LogP contribution in [0.1, 0.15) is 44.5 Å². The van der Waals surface area contributed by atoms with E-state index in [9.17, 15) is 14.4 Å². The van der Waals surface area contributed by atoms with Crippen LogP contribution in [0.25, 0.3) is 0 Å². The van der Waals surface area contributed by atoms with Crippen molar-refractivity contribution in [2.45, 2.75) is 45.8 Å². The van der Waals surface area contributed by atoms with Crippen molar-refractivity contribution in [2.24, 2.45) is 0 Å². The highest BCUT2D eigenvalue weighted by atomic mass is 16.5. The van der Waals surface area contributed by atoms with Gasteiger partial charge in [0.05, 0.1) is 11.3 Å². The second-order valence-electron chi connectivity index (χ2n) is 6.37. The zero-order valence-corrected chi connectivity index (χ0v) is 14.3. The predicted molar refractivity (Wildman–Crippen MR) is 88.4 cm³/mol. The standard InChI is InChI=1S/C17H22N2O5/c1-5-10(2)18-14(20)9-19-12-8-11(15(21)22)6-7-13(12)24-17(3,4)16(19)23/h6-8,10H,5,9H2,1-4H3,(H,18,20)(H,21,22). The third kappa shape index (κ3) is 3.50. The Kier molecular flexibility index (Phi) is 4.82. The minimum atomic E-state index is -1.13. The number of nitrogens with zero attached hydrogens (tertiary/aromatic N) is 1. The van der Waals surface area contributed by atoms with Gasteiger partial charge in [0, 0.05) is 6.04 Å². The number of benzene rings is 1. The number of amides is 2. The minimum Gasteiger partial charge on any atom is -0.478 e. The molecule has 0 bridgehead atoms. The van der Waals surface area contributed by atoms with E-state index in [2.05, 4.69) is 5.32 Å². The molecule has 1 aliphatic rings. The third-order valence-electron chi connectivity index (χ3n) is 3.94. The number of carbonyl (C=O) groups is 3. The zero-order valence-electron chi connectivity index (χ0n) is 14.3. The lowest BCUT2D eigenvalue weighted by Gasteiger charge is -2.38. The normalized spacial score (nSPS) is 16.8. The first kappa shape index (κ1) is 17.8. The van der Waals surface area contributed by atoms with Crippen LogP contribution < -0.4 is 15.0 Å². The highest BCUT2D eigenvalue weighted by molar-refractivity contribution is 6.06. The summed E-state index contributed by atoms with van der Waals surface area (Å²) in [6.45, 7) is 6.86.